The van der Waals surface area contributed by atoms with Crippen LogP contribution in [0, 0.1) is 6.92 Å². The third kappa shape index (κ3) is 4.49. The Labute approximate surface area is 158 Å². The number of hydrogen-bond donors (Lipinski definition) is 1. The maximum atomic E-state index is 11.9. The molecule has 0 unspecified atom stereocenters. The van der Waals surface area contributed by atoms with Gasteiger partial charge >= 0.3 is 5.63 Å². The number of fused-ring (bicyclic) bond motifs is 1. The van der Waals surface area contributed by atoms with Gasteiger partial charge in [0.1, 0.15) is 23.7 Å². The zero-order chi connectivity index (χ0) is 19.4. The van der Waals surface area contributed by atoms with Crippen LogP contribution >= 0.6 is 0 Å². The van der Waals surface area contributed by atoms with Crippen LogP contribution in [0.5, 0.6) is 11.5 Å². The standard InChI is InChI=1S/C22H25NO4/c1-4-16-11-18-17(12-22(25)27-21(18)13-19(16)24)14-23(3)9-10-26-20-8-6-5-7-15(20)2/h5-8,11-13,24H,4,9-10,14H2,1-3H3. The number of ether oxygens (including phenoxy) is 1. The van der Waals surface area contributed by atoms with Gasteiger partial charge in [-0.25, -0.2) is 4.79 Å². The van der Waals surface area contributed by atoms with Gasteiger partial charge in [-0.15, -0.1) is 0 Å². The van der Waals surface area contributed by atoms with Crippen LogP contribution in [0.25, 0.3) is 11.0 Å². The second-order valence-electron chi connectivity index (χ2n) is 6.77. The fourth-order valence-corrected chi connectivity index (χ4v) is 3.12. The SMILES string of the molecule is CCc1cc2c(CN(C)CCOc3ccccc3C)cc(=O)oc2cc1O. The molecular formula is C22H25NO4. The summed E-state index contributed by atoms with van der Waals surface area (Å²) in [5.74, 6) is 1.05. The zero-order valence-corrected chi connectivity index (χ0v) is 16.0. The van der Waals surface area contributed by atoms with Crippen molar-refractivity contribution < 1.29 is 14.3 Å². The average Bonchev–Trinajstić information content (AvgIpc) is 2.62. The van der Waals surface area contributed by atoms with E-state index in [0.29, 0.717) is 25.2 Å². The van der Waals surface area contributed by atoms with Crippen molar-refractivity contribution in [1.82, 2.24) is 4.90 Å². The molecule has 0 fully saturated rings. The molecule has 1 heterocycles. The van der Waals surface area contributed by atoms with E-state index in [0.717, 1.165) is 34.4 Å². The van der Waals surface area contributed by atoms with Gasteiger partial charge in [-0.3, -0.25) is 4.90 Å². The summed E-state index contributed by atoms with van der Waals surface area (Å²) >= 11 is 0. The Morgan fingerprint density at radius 1 is 1.15 bits per heavy atom. The first-order chi connectivity index (χ1) is 13.0. The number of rotatable bonds is 7. The average molecular weight is 367 g/mol. The Kier molecular flexibility index (Phi) is 5.81. The van der Waals surface area contributed by atoms with Gasteiger partial charge in [0.25, 0.3) is 0 Å². The highest BCUT2D eigenvalue weighted by Crippen LogP contribution is 2.27. The summed E-state index contributed by atoms with van der Waals surface area (Å²) in [5, 5.41) is 10.9. The highest BCUT2D eigenvalue weighted by molar-refractivity contribution is 5.82. The molecule has 0 aliphatic carbocycles. The summed E-state index contributed by atoms with van der Waals surface area (Å²) in [6.45, 7) is 5.87. The quantitative estimate of drug-likeness (QED) is 0.642. The highest BCUT2D eigenvalue weighted by atomic mass is 16.5. The largest absolute Gasteiger partial charge is 0.508 e. The van der Waals surface area contributed by atoms with Crippen molar-refractivity contribution in [3.05, 3.63) is 69.6 Å². The molecular weight excluding hydrogens is 342 g/mol. The maximum absolute atomic E-state index is 11.9. The molecule has 0 spiro atoms. The van der Waals surface area contributed by atoms with Crippen molar-refractivity contribution in [3.8, 4) is 11.5 Å². The van der Waals surface area contributed by atoms with Crippen molar-refractivity contribution in [2.24, 2.45) is 0 Å². The number of para-hydroxylation sites is 1. The van der Waals surface area contributed by atoms with Gasteiger partial charge in [0.15, 0.2) is 0 Å². The topological polar surface area (TPSA) is 62.9 Å². The molecule has 0 saturated carbocycles. The van der Waals surface area contributed by atoms with Gasteiger partial charge in [-0.2, -0.15) is 0 Å². The number of phenolic OH excluding ortho intramolecular Hbond substituents is 1. The van der Waals surface area contributed by atoms with E-state index in [1.165, 1.54) is 12.1 Å². The molecule has 1 N–H and O–H groups in total. The zero-order valence-electron chi connectivity index (χ0n) is 16.0. The smallest absolute Gasteiger partial charge is 0.336 e. The van der Waals surface area contributed by atoms with E-state index in [1.807, 2.05) is 51.2 Å². The summed E-state index contributed by atoms with van der Waals surface area (Å²) in [5.41, 5.74) is 2.83. The molecule has 0 aliphatic heterocycles. The van der Waals surface area contributed by atoms with E-state index in [1.54, 1.807) is 0 Å². The molecule has 0 saturated heterocycles. The lowest BCUT2D eigenvalue weighted by molar-refractivity contribution is 0.232. The van der Waals surface area contributed by atoms with E-state index in [2.05, 4.69) is 4.90 Å². The van der Waals surface area contributed by atoms with E-state index >= 15 is 0 Å². The Morgan fingerprint density at radius 3 is 2.67 bits per heavy atom. The fourth-order valence-electron chi connectivity index (χ4n) is 3.12. The normalized spacial score (nSPS) is 11.3. The summed E-state index contributed by atoms with van der Waals surface area (Å²) in [6, 6.07) is 12.9. The Hall–Kier alpha value is -2.79. The third-order valence-corrected chi connectivity index (χ3v) is 4.67. The Morgan fingerprint density at radius 2 is 1.93 bits per heavy atom. The first-order valence-corrected chi connectivity index (χ1v) is 9.13. The van der Waals surface area contributed by atoms with Crippen LogP contribution in [0.4, 0.5) is 0 Å². The van der Waals surface area contributed by atoms with Crippen LogP contribution in [0.15, 0.2) is 51.7 Å². The van der Waals surface area contributed by atoms with Crippen LogP contribution in [0.1, 0.15) is 23.6 Å². The molecule has 5 nitrogen and oxygen atoms in total. The molecule has 1 aromatic heterocycles. The van der Waals surface area contributed by atoms with Crippen molar-refractivity contribution in [2.45, 2.75) is 26.8 Å². The van der Waals surface area contributed by atoms with Crippen LogP contribution in [-0.4, -0.2) is 30.2 Å². The number of hydrogen-bond acceptors (Lipinski definition) is 5. The van der Waals surface area contributed by atoms with E-state index in [4.69, 9.17) is 9.15 Å². The molecule has 142 valence electrons. The molecule has 0 amide bonds. The second kappa shape index (κ2) is 8.27. The van der Waals surface area contributed by atoms with E-state index in [-0.39, 0.29) is 5.75 Å². The number of likely N-dealkylation sites (N-methyl/N-ethyl adjacent to an activating group) is 1. The summed E-state index contributed by atoms with van der Waals surface area (Å²) in [7, 11) is 1.99. The Bertz CT molecular complexity index is 993. The Balaban J connectivity index is 1.73. The minimum Gasteiger partial charge on any atom is -0.508 e. The number of nitrogens with zero attached hydrogens (tertiary/aromatic N) is 1. The molecule has 0 radical (unpaired) electrons. The fraction of sp³-hybridized carbons (Fsp3) is 0.318. The predicted octanol–water partition coefficient (Wildman–Crippen LogP) is 3.88. The first kappa shape index (κ1) is 19.0. The summed E-state index contributed by atoms with van der Waals surface area (Å²) in [6.07, 6.45) is 0.709. The molecule has 5 heteroatoms. The summed E-state index contributed by atoms with van der Waals surface area (Å²) < 4.78 is 11.1. The van der Waals surface area contributed by atoms with Crippen molar-refractivity contribution in [1.29, 1.82) is 0 Å². The highest BCUT2D eigenvalue weighted by Gasteiger charge is 2.12. The van der Waals surface area contributed by atoms with Gasteiger partial charge in [0, 0.05) is 30.6 Å². The van der Waals surface area contributed by atoms with Crippen molar-refractivity contribution >= 4 is 11.0 Å². The van der Waals surface area contributed by atoms with Crippen LogP contribution < -0.4 is 10.4 Å². The van der Waals surface area contributed by atoms with Crippen LogP contribution in [0.3, 0.4) is 0 Å². The third-order valence-electron chi connectivity index (χ3n) is 4.67. The predicted molar refractivity (Wildman–Crippen MR) is 107 cm³/mol. The minimum atomic E-state index is -0.411. The molecule has 27 heavy (non-hydrogen) atoms. The molecule has 0 atom stereocenters. The number of benzene rings is 2. The minimum absolute atomic E-state index is 0.158. The number of aromatic hydroxyl groups is 1. The van der Waals surface area contributed by atoms with Gasteiger partial charge < -0.3 is 14.3 Å². The van der Waals surface area contributed by atoms with E-state index in [9.17, 15) is 9.90 Å². The molecule has 3 aromatic rings. The molecule has 2 aromatic carbocycles. The van der Waals surface area contributed by atoms with Crippen molar-refractivity contribution in [2.75, 3.05) is 20.2 Å². The van der Waals surface area contributed by atoms with Crippen LogP contribution in [0.2, 0.25) is 0 Å². The van der Waals surface area contributed by atoms with Gasteiger partial charge in [0.2, 0.25) is 0 Å². The molecule has 3 rings (SSSR count). The van der Waals surface area contributed by atoms with Crippen LogP contribution in [-0.2, 0) is 13.0 Å². The van der Waals surface area contributed by atoms with Gasteiger partial charge in [-0.1, -0.05) is 25.1 Å². The summed E-state index contributed by atoms with van der Waals surface area (Å²) in [4.78, 5) is 14.0. The van der Waals surface area contributed by atoms with Gasteiger partial charge in [-0.05, 0) is 49.2 Å². The number of phenols is 1. The van der Waals surface area contributed by atoms with Crippen molar-refractivity contribution in [3.63, 3.8) is 0 Å². The van der Waals surface area contributed by atoms with Gasteiger partial charge in [0.05, 0.1) is 0 Å². The maximum Gasteiger partial charge on any atom is 0.336 e. The lowest BCUT2D eigenvalue weighted by Crippen LogP contribution is -2.24. The molecule has 0 bridgehead atoms. The number of aryl methyl sites for hydroxylation is 2. The van der Waals surface area contributed by atoms with E-state index < -0.39 is 5.63 Å². The lowest BCUT2D eigenvalue weighted by atomic mass is 10.0. The monoisotopic (exact) mass is 367 g/mol. The second-order valence-corrected chi connectivity index (χ2v) is 6.77. The molecule has 0 aliphatic rings. The first-order valence-electron chi connectivity index (χ1n) is 9.13. The lowest BCUT2D eigenvalue weighted by Gasteiger charge is -2.18.